The van der Waals surface area contributed by atoms with Gasteiger partial charge in [0.25, 0.3) is 0 Å². The molecule has 0 saturated carbocycles. The first kappa shape index (κ1) is 17.3. The molecule has 8 heteroatoms. The second-order valence-corrected chi connectivity index (χ2v) is 6.46. The van der Waals surface area contributed by atoms with E-state index in [0.29, 0.717) is 32.7 Å². The molecule has 2 N–H and O–H groups in total. The van der Waals surface area contributed by atoms with Crippen molar-refractivity contribution in [2.24, 2.45) is 0 Å². The van der Waals surface area contributed by atoms with Gasteiger partial charge in [0, 0.05) is 38.4 Å². The molecule has 4 rings (SSSR count). The maximum absolute atomic E-state index is 13.2. The highest BCUT2D eigenvalue weighted by molar-refractivity contribution is 5.92. The van der Waals surface area contributed by atoms with Crippen LogP contribution in [0.3, 0.4) is 0 Å². The lowest BCUT2D eigenvalue weighted by molar-refractivity contribution is 0.195. The molecule has 3 heterocycles. The molecule has 0 spiro atoms. The zero-order chi connectivity index (χ0) is 18.8. The maximum Gasteiger partial charge on any atom is 0.317 e. The van der Waals surface area contributed by atoms with Gasteiger partial charge in [0.1, 0.15) is 23.6 Å². The van der Waals surface area contributed by atoms with Gasteiger partial charge in [0.05, 0.1) is 5.39 Å². The fourth-order valence-corrected chi connectivity index (χ4v) is 3.35. The third-order valence-electron chi connectivity index (χ3n) is 4.75. The van der Waals surface area contributed by atoms with E-state index < -0.39 is 0 Å². The minimum absolute atomic E-state index is 0.0229. The summed E-state index contributed by atoms with van der Waals surface area (Å²) in [5, 5.41) is 3.76. The lowest BCUT2D eigenvalue weighted by Crippen LogP contribution is -2.52. The Morgan fingerprint density at radius 1 is 1.19 bits per heavy atom. The van der Waals surface area contributed by atoms with Crippen molar-refractivity contribution >= 4 is 22.9 Å². The zero-order valence-electron chi connectivity index (χ0n) is 15.1. The van der Waals surface area contributed by atoms with Crippen LogP contribution < -0.4 is 10.2 Å². The molecular weight excluding hydrogens is 347 g/mol. The Morgan fingerprint density at radius 3 is 2.63 bits per heavy atom. The van der Waals surface area contributed by atoms with E-state index in [0.717, 1.165) is 28.1 Å². The van der Waals surface area contributed by atoms with Gasteiger partial charge in [-0.05, 0) is 42.8 Å². The SMILES string of the molecule is CCNC(=O)N1CCN(c2ncnc3[nH]c(-c4ccc(F)cc4)cc23)CC1. The number of H-pyrrole nitrogens is 1. The number of anilines is 1. The normalized spacial score (nSPS) is 14.6. The monoisotopic (exact) mass is 368 g/mol. The second-order valence-electron chi connectivity index (χ2n) is 6.46. The minimum atomic E-state index is -0.264. The van der Waals surface area contributed by atoms with Crippen LogP contribution in [-0.4, -0.2) is 58.6 Å². The maximum atomic E-state index is 13.2. The molecule has 0 atom stereocenters. The van der Waals surface area contributed by atoms with Gasteiger partial charge < -0.3 is 20.1 Å². The molecule has 0 bridgehead atoms. The van der Waals surface area contributed by atoms with Crippen LogP contribution in [-0.2, 0) is 0 Å². The van der Waals surface area contributed by atoms with Gasteiger partial charge in [-0.1, -0.05) is 0 Å². The van der Waals surface area contributed by atoms with Crippen LogP contribution in [0.2, 0.25) is 0 Å². The summed E-state index contributed by atoms with van der Waals surface area (Å²) in [6.07, 6.45) is 1.54. The first-order valence-corrected chi connectivity index (χ1v) is 9.03. The van der Waals surface area contributed by atoms with E-state index in [2.05, 4.69) is 25.2 Å². The van der Waals surface area contributed by atoms with Gasteiger partial charge in [0.15, 0.2) is 0 Å². The van der Waals surface area contributed by atoms with Gasteiger partial charge in [-0.2, -0.15) is 0 Å². The van der Waals surface area contributed by atoms with Crippen LogP contribution in [0.15, 0.2) is 36.7 Å². The van der Waals surface area contributed by atoms with E-state index >= 15 is 0 Å². The van der Waals surface area contributed by atoms with Crippen molar-refractivity contribution in [1.82, 2.24) is 25.2 Å². The standard InChI is InChI=1S/C19H21FN6O/c1-2-21-19(27)26-9-7-25(8-10-26)18-15-11-16(24-17(15)22-12-23-18)13-3-5-14(20)6-4-13/h3-6,11-12H,2,7-10H2,1H3,(H,21,27)(H,22,23,24). The Bertz CT molecular complexity index is 946. The molecule has 140 valence electrons. The van der Waals surface area contributed by atoms with Crippen LogP contribution >= 0.6 is 0 Å². The minimum Gasteiger partial charge on any atom is -0.352 e. The number of halogens is 1. The van der Waals surface area contributed by atoms with Crippen molar-refractivity contribution in [3.8, 4) is 11.3 Å². The summed E-state index contributed by atoms with van der Waals surface area (Å²) in [6.45, 7) is 5.25. The first-order valence-electron chi connectivity index (χ1n) is 9.03. The number of aromatic nitrogens is 3. The van der Waals surface area contributed by atoms with Crippen LogP contribution in [0.25, 0.3) is 22.3 Å². The first-order chi connectivity index (χ1) is 13.2. The number of piperazine rings is 1. The topological polar surface area (TPSA) is 77.2 Å². The summed E-state index contributed by atoms with van der Waals surface area (Å²) in [4.78, 5) is 28.0. The Hall–Kier alpha value is -3.16. The zero-order valence-corrected chi connectivity index (χ0v) is 15.1. The van der Waals surface area contributed by atoms with Crippen molar-refractivity contribution in [1.29, 1.82) is 0 Å². The van der Waals surface area contributed by atoms with E-state index in [4.69, 9.17) is 0 Å². The molecule has 0 aliphatic carbocycles. The third kappa shape index (κ3) is 3.42. The molecule has 7 nitrogen and oxygen atoms in total. The molecule has 0 radical (unpaired) electrons. The predicted octanol–water partition coefficient (Wildman–Crippen LogP) is 2.62. The van der Waals surface area contributed by atoms with E-state index in [1.165, 1.54) is 12.1 Å². The Labute approximate surface area is 156 Å². The van der Waals surface area contributed by atoms with Crippen LogP contribution in [0.1, 0.15) is 6.92 Å². The molecule has 27 heavy (non-hydrogen) atoms. The molecule has 1 aliphatic rings. The highest BCUT2D eigenvalue weighted by atomic mass is 19.1. The molecule has 1 saturated heterocycles. The van der Waals surface area contributed by atoms with Crippen molar-refractivity contribution in [2.45, 2.75) is 6.92 Å². The average molecular weight is 368 g/mol. The quantitative estimate of drug-likeness (QED) is 0.745. The highest BCUT2D eigenvalue weighted by Crippen LogP contribution is 2.29. The highest BCUT2D eigenvalue weighted by Gasteiger charge is 2.23. The Kier molecular flexibility index (Phi) is 4.62. The largest absolute Gasteiger partial charge is 0.352 e. The van der Waals surface area contributed by atoms with Crippen LogP contribution in [0.5, 0.6) is 0 Å². The van der Waals surface area contributed by atoms with E-state index in [1.807, 2.05) is 17.9 Å². The summed E-state index contributed by atoms with van der Waals surface area (Å²) in [6, 6.07) is 8.32. The molecule has 1 fully saturated rings. The molecule has 0 unspecified atom stereocenters. The van der Waals surface area contributed by atoms with E-state index in [1.54, 1.807) is 18.5 Å². The predicted molar refractivity (Wildman–Crippen MR) is 102 cm³/mol. The number of nitrogens with one attached hydrogen (secondary N) is 2. The summed E-state index contributed by atoms with van der Waals surface area (Å²) in [5.74, 6) is 0.584. The number of carbonyl (C=O) groups is 1. The van der Waals surface area contributed by atoms with Gasteiger partial charge in [0.2, 0.25) is 0 Å². The van der Waals surface area contributed by atoms with Crippen molar-refractivity contribution in [3.05, 3.63) is 42.5 Å². The number of aromatic amines is 1. The summed E-state index contributed by atoms with van der Waals surface area (Å²) in [7, 11) is 0. The number of benzene rings is 1. The molecule has 2 aromatic heterocycles. The van der Waals surface area contributed by atoms with Gasteiger partial charge in [-0.3, -0.25) is 0 Å². The molecule has 1 aromatic carbocycles. The Balaban J connectivity index is 1.58. The number of hydrogen-bond donors (Lipinski definition) is 2. The number of nitrogens with zero attached hydrogens (tertiary/aromatic N) is 4. The fraction of sp³-hybridized carbons (Fsp3) is 0.316. The summed E-state index contributed by atoms with van der Waals surface area (Å²) in [5.41, 5.74) is 2.50. The number of urea groups is 1. The molecule has 1 aliphatic heterocycles. The number of fused-ring (bicyclic) bond motifs is 1. The van der Waals surface area contributed by atoms with E-state index in [-0.39, 0.29) is 11.8 Å². The molecule has 3 aromatic rings. The molecule has 2 amide bonds. The van der Waals surface area contributed by atoms with Gasteiger partial charge >= 0.3 is 6.03 Å². The van der Waals surface area contributed by atoms with Crippen molar-refractivity contribution in [2.75, 3.05) is 37.6 Å². The number of hydrogen-bond acceptors (Lipinski definition) is 4. The number of amides is 2. The number of rotatable bonds is 3. The lowest BCUT2D eigenvalue weighted by atomic mass is 10.1. The van der Waals surface area contributed by atoms with E-state index in [9.17, 15) is 9.18 Å². The fourth-order valence-electron chi connectivity index (χ4n) is 3.35. The summed E-state index contributed by atoms with van der Waals surface area (Å²) >= 11 is 0. The van der Waals surface area contributed by atoms with Crippen LogP contribution in [0, 0.1) is 5.82 Å². The second kappa shape index (κ2) is 7.22. The van der Waals surface area contributed by atoms with Crippen LogP contribution in [0.4, 0.5) is 15.0 Å². The molecular formula is C19H21FN6O. The summed E-state index contributed by atoms with van der Waals surface area (Å²) < 4.78 is 13.2. The lowest BCUT2D eigenvalue weighted by Gasteiger charge is -2.35. The van der Waals surface area contributed by atoms with Gasteiger partial charge in [-0.15, -0.1) is 0 Å². The smallest absolute Gasteiger partial charge is 0.317 e. The Morgan fingerprint density at radius 2 is 1.93 bits per heavy atom. The third-order valence-corrected chi connectivity index (χ3v) is 4.75. The van der Waals surface area contributed by atoms with Crippen molar-refractivity contribution < 1.29 is 9.18 Å². The average Bonchev–Trinajstić information content (AvgIpc) is 3.13. The van der Waals surface area contributed by atoms with Gasteiger partial charge in [-0.25, -0.2) is 19.2 Å². The number of carbonyl (C=O) groups excluding carboxylic acids is 1. The van der Waals surface area contributed by atoms with Crippen molar-refractivity contribution in [3.63, 3.8) is 0 Å².